The van der Waals surface area contributed by atoms with Crippen molar-refractivity contribution in [3.63, 3.8) is 0 Å². The average Bonchev–Trinajstić information content (AvgIpc) is 3.30. The van der Waals surface area contributed by atoms with Gasteiger partial charge in [-0.2, -0.15) is 0 Å². The summed E-state index contributed by atoms with van der Waals surface area (Å²) in [6.45, 7) is 6.41. The second-order valence-electron chi connectivity index (χ2n) is 17.4. The van der Waals surface area contributed by atoms with Crippen molar-refractivity contribution in [1.82, 2.24) is 0 Å². The molecular formula is C59H98O6. The quantitative estimate of drug-likeness (QED) is 0.0262. The fraction of sp³-hybridized carbons (Fsp3) is 0.678. The maximum atomic E-state index is 12.8. The molecule has 0 aliphatic carbocycles. The summed E-state index contributed by atoms with van der Waals surface area (Å²) >= 11 is 0. The van der Waals surface area contributed by atoms with Crippen LogP contribution in [0.1, 0.15) is 239 Å². The van der Waals surface area contributed by atoms with Crippen LogP contribution in [0.4, 0.5) is 0 Å². The van der Waals surface area contributed by atoms with E-state index in [9.17, 15) is 14.4 Å². The molecule has 0 saturated heterocycles. The number of hydrogen-bond donors (Lipinski definition) is 0. The van der Waals surface area contributed by atoms with Gasteiger partial charge in [-0.05, 0) is 83.5 Å². The summed E-state index contributed by atoms with van der Waals surface area (Å²) in [4.78, 5) is 38.0. The van der Waals surface area contributed by atoms with E-state index in [2.05, 4.69) is 112 Å². The number of carbonyl (C=O) groups excluding carboxylic acids is 3. The maximum absolute atomic E-state index is 12.8. The van der Waals surface area contributed by atoms with Crippen LogP contribution in [-0.4, -0.2) is 37.2 Å². The number of ether oxygens (including phenoxy) is 3. The van der Waals surface area contributed by atoms with E-state index in [0.717, 1.165) is 103 Å². The molecule has 0 radical (unpaired) electrons. The fourth-order valence-corrected chi connectivity index (χ4v) is 7.07. The van der Waals surface area contributed by atoms with Crippen molar-refractivity contribution in [3.8, 4) is 0 Å². The molecule has 65 heavy (non-hydrogen) atoms. The van der Waals surface area contributed by atoms with E-state index in [1.165, 1.54) is 89.9 Å². The average molecular weight is 903 g/mol. The zero-order valence-corrected chi connectivity index (χ0v) is 42.2. The first kappa shape index (κ1) is 61.3. The largest absolute Gasteiger partial charge is 0.462 e. The first-order valence-electron chi connectivity index (χ1n) is 26.7. The summed E-state index contributed by atoms with van der Waals surface area (Å²) in [5.74, 6) is -1.01. The Morgan fingerprint density at radius 1 is 0.323 bits per heavy atom. The first-order valence-corrected chi connectivity index (χ1v) is 26.7. The van der Waals surface area contributed by atoms with Gasteiger partial charge < -0.3 is 14.2 Å². The van der Waals surface area contributed by atoms with Crippen LogP contribution in [0.3, 0.4) is 0 Å². The minimum absolute atomic E-state index is 0.105. The molecule has 0 unspecified atom stereocenters. The van der Waals surface area contributed by atoms with Gasteiger partial charge in [-0.25, -0.2) is 0 Å². The molecule has 0 aromatic rings. The van der Waals surface area contributed by atoms with Crippen molar-refractivity contribution < 1.29 is 28.6 Å². The lowest BCUT2D eigenvalue weighted by Crippen LogP contribution is -2.30. The topological polar surface area (TPSA) is 78.9 Å². The molecule has 0 aliphatic heterocycles. The second kappa shape index (κ2) is 52.9. The summed E-state index contributed by atoms with van der Waals surface area (Å²) in [5, 5.41) is 0. The molecule has 0 bridgehead atoms. The number of hydrogen-bond acceptors (Lipinski definition) is 6. The van der Waals surface area contributed by atoms with Gasteiger partial charge in [-0.1, -0.05) is 234 Å². The number of unbranched alkanes of at least 4 members (excludes halogenated alkanes) is 20. The highest BCUT2D eigenvalue weighted by atomic mass is 16.6. The van der Waals surface area contributed by atoms with Crippen LogP contribution in [-0.2, 0) is 28.6 Å². The monoisotopic (exact) mass is 903 g/mol. The van der Waals surface area contributed by atoms with Crippen LogP contribution in [0, 0.1) is 0 Å². The lowest BCUT2D eigenvalue weighted by atomic mass is 10.0. The lowest BCUT2D eigenvalue weighted by molar-refractivity contribution is -0.166. The minimum Gasteiger partial charge on any atom is -0.462 e. The summed E-state index contributed by atoms with van der Waals surface area (Å²) in [7, 11) is 0. The van der Waals surface area contributed by atoms with Gasteiger partial charge in [0.15, 0.2) is 6.10 Å². The molecule has 0 aliphatic rings. The highest BCUT2D eigenvalue weighted by Crippen LogP contribution is 2.15. The van der Waals surface area contributed by atoms with Crippen molar-refractivity contribution >= 4 is 17.9 Å². The number of esters is 3. The van der Waals surface area contributed by atoms with Crippen LogP contribution in [0.2, 0.25) is 0 Å². The standard InChI is InChI=1S/C59H98O6/c1-4-7-10-13-16-19-22-25-28-29-30-31-32-35-37-40-43-46-49-52-58(61)64-55-56(65-59(62)53-50-47-44-41-38-34-27-24-21-18-15-12-9-6-3)54-63-57(60)51-48-45-42-39-36-33-26-23-20-17-14-11-8-5-2/h7,10,15-16,18-19,24-25,27-28,30-31,35,37,43,46,56H,4-6,8-9,11-14,17,20-23,26,29,32-34,36,38-42,44-45,47-55H2,1-3H3/b10-7+,18-15+,19-16+,27-24+,28-25+,31-30+,37-35+,46-43+/t56-/m1/s1. The Bertz CT molecular complexity index is 1310. The fourth-order valence-electron chi connectivity index (χ4n) is 7.07. The molecule has 0 heterocycles. The third-order valence-corrected chi connectivity index (χ3v) is 11.1. The van der Waals surface area contributed by atoms with Gasteiger partial charge in [0.25, 0.3) is 0 Å². The lowest BCUT2D eigenvalue weighted by Gasteiger charge is -2.18. The normalized spacial score (nSPS) is 12.8. The van der Waals surface area contributed by atoms with E-state index in [1.807, 2.05) is 6.08 Å². The molecule has 370 valence electrons. The second-order valence-corrected chi connectivity index (χ2v) is 17.4. The zero-order chi connectivity index (χ0) is 47.2. The van der Waals surface area contributed by atoms with E-state index >= 15 is 0 Å². The summed E-state index contributed by atoms with van der Waals surface area (Å²) < 4.78 is 16.7. The Morgan fingerprint density at radius 2 is 0.646 bits per heavy atom. The Kier molecular flexibility index (Phi) is 50.0. The minimum atomic E-state index is -0.814. The third kappa shape index (κ3) is 51.2. The van der Waals surface area contributed by atoms with E-state index in [4.69, 9.17) is 14.2 Å². The SMILES string of the molecule is CC/C=C/C/C=C/C/C=C/C/C=C/C/C=C/C/C=C/CCC(=O)OC[C@@H](COC(=O)CCCCCCCCCCCCCCCC)OC(=O)CCCCCCC/C=C/C/C=C/CCCC. The van der Waals surface area contributed by atoms with Gasteiger partial charge in [-0.15, -0.1) is 0 Å². The van der Waals surface area contributed by atoms with Crippen LogP contribution < -0.4 is 0 Å². The molecule has 0 amide bonds. The maximum Gasteiger partial charge on any atom is 0.306 e. The van der Waals surface area contributed by atoms with E-state index in [0.29, 0.717) is 19.3 Å². The van der Waals surface area contributed by atoms with Gasteiger partial charge in [-0.3, -0.25) is 14.4 Å². The molecule has 6 heteroatoms. The van der Waals surface area contributed by atoms with Crippen LogP contribution in [0.5, 0.6) is 0 Å². The number of allylic oxidation sites excluding steroid dienone is 16. The highest BCUT2D eigenvalue weighted by Gasteiger charge is 2.19. The van der Waals surface area contributed by atoms with Gasteiger partial charge in [0.2, 0.25) is 0 Å². The van der Waals surface area contributed by atoms with Crippen molar-refractivity contribution in [2.45, 2.75) is 245 Å². The van der Waals surface area contributed by atoms with Crippen LogP contribution >= 0.6 is 0 Å². The molecule has 0 aromatic heterocycles. The molecule has 0 saturated carbocycles. The third-order valence-electron chi connectivity index (χ3n) is 11.1. The summed E-state index contributed by atoms with van der Waals surface area (Å²) in [5.41, 5.74) is 0. The summed E-state index contributed by atoms with van der Waals surface area (Å²) in [6, 6.07) is 0. The molecule has 0 rings (SSSR count). The van der Waals surface area contributed by atoms with Gasteiger partial charge >= 0.3 is 17.9 Å². The van der Waals surface area contributed by atoms with Gasteiger partial charge in [0.05, 0.1) is 0 Å². The number of rotatable bonds is 47. The summed E-state index contributed by atoms with van der Waals surface area (Å²) in [6.07, 6.45) is 69.7. The highest BCUT2D eigenvalue weighted by molar-refractivity contribution is 5.71. The van der Waals surface area contributed by atoms with Crippen LogP contribution in [0.15, 0.2) is 97.2 Å². The Balaban J connectivity index is 4.51. The molecular weight excluding hydrogens is 805 g/mol. The van der Waals surface area contributed by atoms with Crippen molar-refractivity contribution in [3.05, 3.63) is 97.2 Å². The molecule has 0 fully saturated rings. The van der Waals surface area contributed by atoms with E-state index in [-0.39, 0.29) is 37.5 Å². The van der Waals surface area contributed by atoms with Crippen molar-refractivity contribution in [1.29, 1.82) is 0 Å². The van der Waals surface area contributed by atoms with Gasteiger partial charge in [0, 0.05) is 19.3 Å². The number of carbonyl (C=O) groups is 3. The first-order chi connectivity index (χ1) is 32.0. The van der Waals surface area contributed by atoms with E-state index < -0.39 is 6.10 Å². The molecule has 0 spiro atoms. The zero-order valence-electron chi connectivity index (χ0n) is 42.2. The van der Waals surface area contributed by atoms with Gasteiger partial charge in [0.1, 0.15) is 13.2 Å². The Hall–Kier alpha value is -3.67. The van der Waals surface area contributed by atoms with E-state index in [1.54, 1.807) is 0 Å². The smallest absolute Gasteiger partial charge is 0.306 e. The molecule has 1 atom stereocenters. The molecule has 0 N–H and O–H groups in total. The van der Waals surface area contributed by atoms with Crippen molar-refractivity contribution in [2.24, 2.45) is 0 Å². The Labute approximate surface area is 400 Å². The predicted molar refractivity (Wildman–Crippen MR) is 279 cm³/mol. The molecule has 0 aromatic carbocycles. The predicted octanol–water partition coefficient (Wildman–Crippen LogP) is 17.8. The van der Waals surface area contributed by atoms with Crippen molar-refractivity contribution in [2.75, 3.05) is 13.2 Å². The Morgan fingerprint density at radius 3 is 1.08 bits per heavy atom. The molecule has 6 nitrogen and oxygen atoms in total. The van der Waals surface area contributed by atoms with Crippen LogP contribution in [0.25, 0.3) is 0 Å².